The van der Waals surface area contributed by atoms with E-state index in [1.807, 2.05) is 17.0 Å². The molecule has 0 unspecified atom stereocenters. The quantitative estimate of drug-likeness (QED) is 0.834. The van der Waals surface area contributed by atoms with Gasteiger partial charge in [0.05, 0.1) is 6.10 Å². The number of likely N-dealkylation sites (tertiary alicyclic amines) is 1. The first kappa shape index (κ1) is 18.5. The minimum absolute atomic E-state index is 0.0632. The van der Waals surface area contributed by atoms with Crippen LogP contribution >= 0.6 is 0 Å². The lowest BCUT2D eigenvalue weighted by Gasteiger charge is -2.15. The lowest BCUT2D eigenvalue weighted by Crippen LogP contribution is -2.27. The van der Waals surface area contributed by atoms with E-state index in [1.165, 1.54) is 12.8 Å². The van der Waals surface area contributed by atoms with Gasteiger partial charge in [-0.25, -0.2) is 0 Å². The SMILES string of the molecule is O=C(Nc1ccc(C(=O)N2CCCC2)cc1)c1ccc(OC2CCCC2)cc1. The lowest BCUT2D eigenvalue weighted by atomic mass is 10.1. The van der Waals surface area contributed by atoms with E-state index in [4.69, 9.17) is 4.74 Å². The summed E-state index contributed by atoms with van der Waals surface area (Å²) in [5, 5.41) is 2.88. The number of rotatable bonds is 5. The molecule has 2 aliphatic rings. The van der Waals surface area contributed by atoms with Gasteiger partial charge in [0.2, 0.25) is 0 Å². The molecular formula is C23H26N2O3. The van der Waals surface area contributed by atoms with Crippen LogP contribution in [0.15, 0.2) is 48.5 Å². The van der Waals surface area contributed by atoms with Crippen molar-refractivity contribution in [2.75, 3.05) is 18.4 Å². The predicted octanol–water partition coefficient (Wildman–Crippen LogP) is 4.50. The van der Waals surface area contributed by atoms with E-state index in [1.54, 1.807) is 36.4 Å². The molecule has 0 atom stereocenters. The van der Waals surface area contributed by atoms with Crippen LogP contribution in [0.4, 0.5) is 5.69 Å². The first-order valence-electron chi connectivity index (χ1n) is 10.2. The number of amides is 2. The average Bonchev–Trinajstić information content (AvgIpc) is 3.43. The van der Waals surface area contributed by atoms with Gasteiger partial charge in [-0.15, -0.1) is 0 Å². The summed E-state index contributed by atoms with van der Waals surface area (Å²) in [5.41, 5.74) is 1.92. The van der Waals surface area contributed by atoms with E-state index in [2.05, 4.69) is 5.32 Å². The van der Waals surface area contributed by atoms with E-state index >= 15 is 0 Å². The molecule has 1 aliphatic carbocycles. The van der Waals surface area contributed by atoms with Crippen LogP contribution in [0.1, 0.15) is 59.2 Å². The molecule has 5 nitrogen and oxygen atoms in total. The number of hydrogen-bond acceptors (Lipinski definition) is 3. The second-order valence-electron chi connectivity index (χ2n) is 7.58. The van der Waals surface area contributed by atoms with Crippen LogP contribution in [0.3, 0.4) is 0 Å². The summed E-state index contributed by atoms with van der Waals surface area (Å²) in [7, 11) is 0. The van der Waals surface area contributed by atoms with Gasteiger partial charge in [-0.3, -0.25) is 9.59 Å². The van der Waals surface area contributed by atoms with Crippen LogP contribution in [0, 0.1) is 0 Å². The molecule has 0 aromatic heterocycles. The Kier molecular flexibility index (Phi) is 5.60. The molecule has 0 radical (unpaired) electrons. The third-order valence-electron chi connectivity index (χ3n) is 5.50. The maximum absolute atomic E-state index is 12.5. The summed E-state index contributed by atoms with van der Waals surface area (Å²) < 4.78 is 5.94. The molecule has 1 saturated heterocycles. The van der Waals surface area contributed by atoms with Gasteiger partial charge in [-0.1, -0.05) is 0 Å². The molecule has 0 bridgehead atoms. The van der Waals surface area contributed by atoms with Gasteiger partial charge in [0.1, 0.15) is 5.75 Å². The minimum Gasteiger partial charge on any atom is -0.490 e. The maximum atomic E-state index is 12.5. The fourth-order valence-corrected chi connectivity index (χ4v) is 3.89. The van der Waals surface area contributed by atoms with E-state index < -0.39 is 0 Å². The highest BCUT2D eigenvalue weighted by Gasteiger charge is 2.19. The van der Waals surface area contributed by atoms with Crippen molar-refractivity contribution in [3.63, 3.8) is 0 Å². The predicted molar refractivity (Wildman–Crippen MR) is 109 cm³/mol. The number of carbonyl (C=O) groups is 2. The van der Waals surface area contributed by atoms with Gasteiger partial charge in [-0.05, 0) is 87.1 Å². The summed E-state index contributed by atoms with van der Waals surface area (Å²) in [6.07, 6.45) is 7.13. The zero-order valence-corrected chi connectivity index (χ0v) is 16.0. The summed E-state index contributed by atoms with van der Waals surface area (Å²) in [6.45, 7) is 1.66. The van der Waals surface area contributed by atoms with Crippen molar-refractivity contribution in [2.24, 2.45) is 0 Å². The molecule has 0 spiro atoms. The third kappa shape index (κ3) is 4.35. The Morgan fingerprint density at radius 3 is 2.07 bits per heavy atom. The summed E-state index contributed by atoms with van der Waals surface area (Å²) in [4.78, 5) is 26.7. The molecule has 1 aliphatic heterocycles. The van der Waals surface area contributed by atoms with Crippen LogP contribution in [0.5, 0.6) is 5.75 Å². The highest BCUT2D eigenvalue weighted by atomic mass is 16.5. The van der Waals surface area contributed by atoms with Gasteiger partial charge in [-0.2, -0.15) is 0 Å². The minimum atomic E-state index is -0.175. The topological polar surface area (TPSA) is 58.6 Å². The number of anilines is 1. The molecule has 2 fully saturated rings. The number of hydrogen-bond donors (Lipinski definition) is 1. The molecule has 1 heterocycles. The van der Waals surface area contributed by atoms with E-state index in [9.17, 15) is 9.59 Å². The molecule has 1 saturated carbocycles. The molecule has 2 amide bonds. The molecule has 5 heteroatoms. The second-order valence-corrected chi connectivity index (χ2v) is 7.58. The summed E-state index contributed by atoms with van der Waals surface area (Å²) in [5.74, 6) is 0.701. The monoisotopic (exact) mass is 378 g/mol. The first-order chi connectivity index (χ1) is 13.7. The third-order valence-corrected chi connectivity index (χ3v) is 5.50. The zero-order valence-electron chi connectivity index (χ0n) is 16.0. The second kappa shape index (κ2) is 8.46. The maximum Gasteiger partial charge on any atom is 0.255 e. The number of ether oxygens (including phenoxy) is 1. The zero-order chi connectivity index (χ0) is 19.3. The van der Waals surface area contributed by atoms with Crippen molar-refractivity contribution in [1.82, 2.24) is 4.90 Å². The normalized spacial score (nSPS) is 16.9. The summed E-state index contributed by atoms with van der Waals surface area (Å²) >= 11 is 0. The Morgan fingerprint density at radius 2 is 1.43 bits per heavy atom. The van der Waals surface area contributed by atoms with E-state index in [0.717, 1.165) is 44.5 Å². The highest BCUT2D eigenvalue weighted by molar-refractivity contribution is 6.04. The van der Waals surface area contributed by atoms with Crippen molar-refractivity contribution < 1.29 is 14.3 Å². The average molecular weight is 378 g/mol. The molecule has 4 rings (SSSR count). The highest BCUT2D eigenvalue weighted by Crippen LogP contribution is 2.24. The number of nitrogens with zero attached hydrogens (tertiary/aromatic N) is 1. The van der Waals surface area contributed by atoms with Crippen molar-refractivity contribution in [3.8, 4) is 5.75 Å². The van der Waals surface area contributed by atoms with Gasteiger partial charge in [0.25, 0.3) is 11.8 Å². The van der Waals surface area contributed by atoms with Crippen molar-refractivity contribution >= 4 is 17.5 Å². The van der Waals surface area contributed by atoms with Gasteiger partial charge < -0.3 is 15.0 Å². The van der Waals surface area contributed by atoms with Crippen LogP contribution in [0.25, 0.3) is 0 Å². The fourth-order valence-electron chi connectivity index (χ4n) is 3.89. The Balaban J connectivity index is 1.34. The van der Waals surface area contributed by atoms with Crippen LogP contribution < -0.4 is 10.1 Å². The van der Waals surface area contributed by atoms with E-state index in [0.29, 0.717) is 22.9 Å². The van der Waals surface area contributed by atoms with E-state index in [-0.39, 0.29) is 11.8 Å². The Hall–Kier alpha value is -2.82. The van der Waals surface area contributed by atoms with Crippen LogP contribution in [0.2, 0.25) is 0 Å². The number of carbonyl (C=O) groups excluding carboxylic acids is 2. The van der Waals surface area contributed by atoms with Gasteiger partial charge >= 0.3 is 0 Å². The Labute approximate surface area is 165 Å². The van der Waals surface area contributed by atoms with Crippen molar-refractivity contribution in [3.05, 3.63) is 59.7 Å². The van der Waals surface area contributed by atoms with Crippen LogP contribution in [-0.2, 0) is 0 Å². The molecule has 2 aromatic rings. The molecule has 28 heavy (non-hydrogen) atoms. The smallest absolute Gasteiger partial charge is 0.255 e. The number of benzene rings is 2. The molecule has 146 valence electrons. The Morgan fingerprint density at radius 1 is 0.821 bits per heavy atom. The Bertz CT molecular complexity index is 818. The largest absolute Gasteiger partial charge is 0.490 e. The molecule has 1 N–H and O–H groups in total. The lowest BCUT2D eigenvalue weighted by molar-refractivity contribution is 0.0792. The number of nitrogens with one attached hydrogen (secondary N) is 1. The van der Waals surface area contributed by atoms with Gasteiger partial charge in [0, 0.05) is 29.9 Å². The van der Waals surface area contributed by atoms with Crippen molar-refractivity contribution in [2.45, 2.75) is 44.6 Å². The standard InChI is InChI=1S/C23H26N2O3/c26-22(17-9-13-21(14-10-17)28-20-5-1-2-6-20)24-19-11-7-18(8-12-19)23(27)25-15-3-4-16-25/h7-14,20H,1-6,15-16H2,(H,24,26). The molecule has 2 aromatic carbocycles. The molecular weight excluding hydrogens is 352 g/mol. The fraction of sp³-hybridized carbons (Fsp3) is 0.391. The van der Waals surface area contributed by atoms with Crippen molar-refractivity contribution in [1.29, 1.82) is 0 Å². The van der Waals surface area contributed by atoms with Gasteiger partial charge in [0.15, 0.2) is 0 Å². The summed E-state index contributed by atoms with van der Waals surface area (Å²) in [6, 6.07) is 14.4. The van der Waals surface area contributed by atoms with Crippen LogP contribution in [-0.4, -0.2) is 35.9 Å². The first-order valence-corrected chi connectivity index (χ1v) is 10.2.